The molecule has 2 fully saturated rings. The van der Waals surface area contributed by atoms with Gasteiger partial charge in [0, 0.05) is 45.1 Å². The molecule has 2 aliphatic heterocycles. The molecule has 5 heteroatoms. The molecule has 0 saturated carbocycles. The minimum atomic E-state index is -0.119. The van der Waals surface area contributed by atoms with Gasteiger partial charge in [0.05, 0.1) is 6.10 Å². The van der Waals surface area contributed by atoms with Gasteiger partial charge in [-0.3, -0.25) is 4.79 Å². The second-order valence-electron chi connectivity index (χ2n) is 5.52. The van der Waals surface area contributed by atoms with Crippen molar-refractivity contribution in [3.05, 3.63) is 0 Å². The molecule has 0 radical (unpaired) electrons. The van der Waals surface area contributed by atoms with Crippen molar-refractivity contribution in [2.45, 2.75) is 31.8 Å². The molecule has 0 spiro atoms. The van der Waals surface area contributed by atoms with Crippen molar-refractivity contribution in [1.29, 1.82) is 0 Å². The Labute approximate surface area is 108 Å². The van der Waals surface area contributed by atoms with Gasteiger partial charge in [0.2, 0.25) is 5.91 Å². The second-order valence-corrected chi connectivity index (χ2v) is 5.52. The van der Waals surface area contributed by atoms with Crippen molar-refractivity contribution in [3.63, 3.8) is 0 Å². The summed E-state index contributed by atoms with van der Waals surface area (Å²) < 4.78 is 0. The summed E-state index contributed by atoms with van der Waals surface area (Å²) in [7, 11) is 0. The Morgan fingerprint density at radius 2 is 1.94 bits per heavy atom. The van der Waals surface area contributed by atoms with Gasteiger partial charge in [-0.05, 0) is 25.8 Å². The van der Waals surface area contributed by atoms with Crippen molar-refractivity contribution >= 4 is 5.91 Å². The largest absolute Gasteiger partial charge is 0.396 e. The van der Waals surface area contributed by atoms with Crippen LogP contribution in [0.15, 0.2) is 0 Å². The van der Waals surface area contributed by atoms with Gasteiger partial charge < -0.3 is 20.0 Å². The number of hydrogen-bond donors (Lipinski definition) is 2. The van der Waals surface area contributed by atoms with E-state index in [1.165, 1.54) is 0 Å². The molecule has 2 heterocycles. The van der Waals surface area contributed by atoms with E-state index in [0.29, 0.717) is 13.0 Å². The quantitative estimate of drug-likeness (QED) is 0.707. The first-order chi connectivity index (χ1) is 8.69. The molecule has 0 aromatic rings. The van der Waals surface area contributed by atoms with Crippen LogP contribution in [-0.4, -0.2) is 71.4 Å². The van der Waals surface area contributed by atoms with Gasteiger partial charge >= 0.3 is 0 Å². The molecule has 0 aromatic heterocycles. The van der Waals surface area contributed by atoms with Gasteiger partial charge in [-0.1, -0.05) is 0 Å². The smallest absolute Gasteiger partial charge is 0.223 e. The van der Waals surface area contributed by atoms with E-state index < -0.39 is 0 Å². The van der Waals surface area contributed by atoms with E-state index in [2.05, 4.69) is 4.90 Å². The molecule has 2 N–H and O–H groups in total. The Kier molecular flexibility index (Phi) is 4.97. The number of carbonyl (C=O) groups excluding carboxylic acids is 1. The van der Waals surface area contributed by atoms with E-state index in [9.17, 15) is 9.90 Å². The Morgan fingerprint density at radius 1 is 1.22 bits per heavy atom. The molecule has 1 atom stereocenters. The molecule has 1 unspecified atom stereocenters. The Bertz CT molecular complexity index is 277. The average Bonchev–Trinajstić information content (AvgIpc) is 2.73. The van der Waals surface area contributed by atoms with Crippen LogP contribution in [0.2, 0.25) is 0 Å². The summed E-state index contributed by atoms with van der Waals surface area (Å²) in [4.78, 5) is 15.9. The summed E-state index contributed by atoms with van der Waals surface area (Å²) in [5, 5.41) is 18.5. The molecule has 5 nitrogen and oxygen atoms in total. The van der Waals surface area contributed by atoms with Crippen molar-refractivity contribution in [2.24, 2.45) is 5.92 Å². The van der Waals surface area contributed by atoms with Crippen LogP contribution in [0.3, 0.4) is 0 Å². The molecule has 18 heavy (non-hydrogen) atoms. The van der Waals surface area contributed by atoms with E-state index in [1.807, 2.05) is 4.90 Å². The van der Waals surface area contributed by atoms with Crippen molar-refractivity contribution < 1.29 is 15.0 Å². The van der Waals surface area contributed by atoms with Crippen LogP contribution in [0.4, 0.5) is 0 Å². The summed E-state index contributed by atoms with van der Waals surface area (Å²) in [5.74, 6) is 0.325. The molecular formula is C13H24N2O3. The van der Waals surface area contributed by atoms with E-state index >= 15 is 0 Å². The van der Waals surface area contributed by atoms with Gasteiger partial charge in [-0.25, -0.2) is 0 Å². The van der Waals surface area contributed by atoms with E-state index in [-0.39, 0.29) is 24.5 Å². The van der Waals surface area contributed by atoms with Crippen LogP contribution in [0.1, 0.15) is 25.7 Å². The normalized spacial score (nSPS) is 27.1. The number of hydrogen-bond acceptors (Lipinski definition) is 4. The predicted molar refractivity (Wildman–Crippen MR) is 68.1 cm³/mol. The monoisotopic (exact) mass is 256 g/mol. The highest BCUT2D eigenvalue weighted by Crippen LogP contribution is 2.17. The van der Waals surface area contributed by atoms with E-state index in [4.69, 9.17) is 5.11 Å². The van der Waals surface area contributed by atoms with Crippen LogP contribution in [0.5, 0.6) is 0 Å². The molecule has 2 saturated heterocycles. The average molecular weight is 256 g/mol. The summed E-state index contributed by atoms with van der Waals surface area (Å²) in [6, 6.07) is 0. The number of amides is 1. The lowest BCUT2D eigenvalue weighted by Crippen LogP contribution is -2.38. The minimum Gasteiger partial charge on any atom is -0.396 e. The van der Waals surface area contributed by atoms with Gasteiger partial charge in [-0.2, -0.15) is 0 Å². The third-order valence-electron chi connectivity index (χ3n) is 4.01. The summed E-state index contributed by atoms with van der Waals surface area (Å²) in [6.45, 7) is 4.57. The lowest BCUT2D eigenvalue weighted by atomic mass is 10.1. The second kappa shape index (κ2) is 6.50. The highest BCUT2D eigenvalue weighted by molar-refractivity contribution is 5.78. The summed E-state index contributed by atoms with van der Waals surface area (Å²) >= 11 is 0. The molecule has 2 rings (SSSR count). The zero-order valence-electron chi connectivity index (χ0n) is 10.9. The van der Waals surface area contributed by atoms with Crippen molar-refractivity contribution in [1.82, 2.24) is 9.80 Å². The Balaban J connectivity index is 1.62. The first-order valence-electron chi connectivity index (χ1n) is 6.98. The Morgan fingerprint density at radius 3 is 2.56 bits per heavy atom. The van der Waals surface area contributed by atoms with Gasteiger partial charge in [-0.15, -0.1) is 0 Å². The minimum absolute atomic E-state index is 0.117. The lowest BCUT2D eigenvalue weighted by molar-refractivity contribution is -0.127. The number of nitrogens with zero attached hydrogens (tertiary/aromatic N) is 2. The van der Waals surface area contributed by atoms with Crippen LogP contribution >= 0.6 is 0 Å². The fraction of sp³-hybridized carbons (Fsp3) is 0.923. The topological polar surface area (TPSA) is 64.0 Å². The fourth-order valence-electron chi connectivity index (χ4n) is 2.82. The highest BCUT2D eigenvalue weighted by Gasteiger charge is 2.28. The first-order valence-corrected chi connectivity index (χ1v) is 6.98. The number of carbonyl (C=O) groups is 1. The van der Waals surface area contributed by atoms with Gasteiger partial charge in [0.15, 0.2) is 0 Å². The van der Waals surface area contributed by atoms with Crippen molar-refractivity contribution in [2.75, 3.05) is 39.3 Å². The number of likely N-dealkylation sites (tertiary alicyclic amines) is 2. The van der Waals surface area contributed by atoms with Gasteiger partial charge in [0.1, 0.15) is 0 Å². The van der Waals surface area contributed by atoms with Crippen LogP contribution in [0.25, 0.3) is 0 Å². The summed E-state index contributed by atoms with van der Waals surface area (Å²) in [5.41, 5.74) is 0. The number of aliphatic hydroxyl groups excluding tert-OH is 2. The molecule has 2 aliphatic rings. The molecule has 104 valence electrons. The molecule has 1 amide bonds. The zero-order chi connectivity index (χ0) is 13.0. The van der Waals surface area contributed by atoms with E-state index in [0.717, 1.165) is 45.4 Å². The molecule has 0 bridgehead atoms. The third-order valence-corrected chi connectivity index (χ3v) is 4.01. The van der Waals surface area contributed by atoms with Crippen LogP contribution < -0.4 is 0 Å². The fourth-order valence-corrected chi connectivity index (χ4v) is 2.82. The predicted octanol–water partition coefficient (Wildman–Crippen LogP) is -0.326. The lowest BCUT2D eigenvalue weighted by Gasteiger charge is -2.30. The van der Waals surface area contributed by atoms with Crippen LogP contribution in [-0.2, 0) is 4.79 Å². The SMILES string of the molecule is O=C1CC(CO)CN1CCCN1CCC(O)CC1. The molecule has 0 aliphatic carbocycles. The summed E-state index contributed by atoms with van der Waals surface area (Å²) in [6.07, 6.45) is 3.11. The number of aliphatic hydroxyl groups is 2. The standard InChI is InChI=1S/C13H24N2O3/c16-10-11-8-13(18)15(9-11)5-1-4-14-6-2-12(17)3-7-14/h11-12,16-17H,1-10H2. The molecular weight excluding hydrogens is 232 g/mol. The number of piperidine rings is 1. The maximum absolute atomic E-state index is 11.6. The van der Waals surface area contributed by atoms with Gasteiger partial charge in [0.25, 0.3) is 0 Å². The molecule has 0 aromatic carbocycles. The first kappa shape index (κ1) is 13.8. The third kappa shape index (κ3) is 3.67. The van der Waals surface area contributed by atoms with Crippen LogP contribution in [0, 0.1) is 5.92 Å². The van der Waals surface area contributed by atoms with E-state index in [1.54, 1.807) is 0 Å². The highest BCUT2D eigenvalue weighted by atomic mass is 16.3. The maximum Gasteiger partial charge on any atom is 0.223 e. The van der Waals surface area contributed by atoms with Crippen molar-refractivity contribution in [3.8, 4) is 0 Å². The maximum atomic E-state index is 11.6. The zero-order valence-corrected chi connectivity index (χ0v) is 10.9. The number of rotatable bonds is 5. The Hall–Kier alpha value is -0.650.